The lowest BCUT2D eigenvalue weighted by molar-refractivity contribution is -0.142. The normalized spacial score (nSPS) is 17.0. The van der Waals surface area contributed by atoms with Crippen LogP contribution in [0.1, 0.15) is 101 Å². The molecule has 3 amide bonds. The first-order valence-corrected chi connectivity index (χ1v) is 23.7. The van der Waals surface area contributed by atoms with Crippen molar-refractivity contribution in [2.45, 2.75) is 86.0 Å². The minimum absolute atomic E-state index is 0.0476. The van der Waals surface area contributed by atoms with Crippen molar-refractivity contribution in [3.05, 3.63) is 134 Å². The van der Waals surface area contributed by atoms with Gasteiger partial charge in [-0.05, 0) is 80.0 Å². The van der Waals surface area contributed by atoms with Crippen molar-refractivity contribution >= 4 is 57.8 Å². The number of nitrogens with zero attached hydrogens (tertiary/aromatic N) is 7. The summed E-state index contributed by atoms with van der Waals surface area (Å²) in [6, 6.07) is 20.0. The number of aromatic nitrogens is 4. The van der Waals surface area contributed by atoms with E-state index < -0.39 is 47.3 Å². The number of aliphatic hydroxyl groups is 1. The summed E-state index contributed by atoms with van der Waals surface area (Å²) in [7, 11) is 1.30. The van der Waals surface area contributed by atoms with Gasteiger partial charge in [-0.15, -0.1) is 32.9 Å². The molecule has 1 saturated heterocycles. The summed E-state index contributed by atoms with van der Waals surface area (Å²) in [6.07, 6.45) is 0.411. The summed E-state index contributed by atoms with van der Waals surface area (Å²) in [5.74, 6) is -1.02. The number of nitrogens with one attached hydrogen (secondary N) is 2. The van der Waals surface area contributed by atoms with Gasteiger partial charge in [-0.2, -0.15) is 5.26 Å². The van der Waals surface area contributed by atoms with Gasteiger partial charge < -0.3 is 25.4 Å². The van der Waals surface area contributed by atoms with Gasteiger partial charge in [-0.3, -0.25) is 19.0 Å². The Bertz CT molecular complexity index is 3080. The van der Waals surface area contributed by atoms with Crippen LogP contribution in [0.3, 0.4) is 0 Å². The van der Waals surface area contributed by atoms with Crippen molar-refractivity contribution in [1.29, 1.82) is 5.26 Å². The maximum atomic E-state index is 14.4. The van der Waals surface area contributed by atoms with Crippen molar-refractivity contribution in [3.63, 3.8) is 0 Å². The number of hydrogen-bond acceptors (Lipinski definition) is 13. The van der Waals surface area contributed by atoms with E-state index in [4.69, 9.17) is 9.73 Å². The standard InChI is InChI=1S/C51H51N9O6S2/c1-26-29(4)68-50-42(26)43(55-39(22-41(62)66-9)46-58-57-30(5)60(46)50)33-14-12-32(13-15-33)38-19-18-35(20-36(38)23-52)47(63)56-45(51(6,7)8)49(65)59-24-37(61)21-40(59)48(64)54-27(2)31-10-16-34(17-11-31)44-28(3)53-25-67-44/h10-20,22,25,27,37,40,45,61H,21,24H2,1-9H3,(H,54,64)(H,56,63)/b39-22-/t27-,37+,40-,45+/m0/s1. The fraction of sp³-hybridized carbons (Fsp3) is 0.314. The van der Waals surface area contributed by atoms with Crippen molar-refractivity contribution in [1.82, 2.24) is 35.3 Å². The van der Waals surface area contributed by atoms with Gasteiger partial charge in [0.25, 0.3) is 5.91 Å². The van der Waals surface area contributed by atoms with Gasteiger partial charge in [-0.1, -0.05) is 75.4 Å². The van der Waals surface area contributed by atoms with Crippen LogP contribution < -0.4 is 10.6 Å². The predicted octanol–water partition coefficient (Wildman–Crippen LogP) is 7.57. The lowest BCUT2D eigenvalue weighted by Gasteiger charge is -2.35. The van der Waals surface area contributed by atoms with E-state index in [0.717, 1.165) is 48.3 Å². The van der Waals surface area contributed by atoms with E-state index in [9.17, 15) is 29.5 Å². The number of hydrogen-bond donors (Lipinski definition) is 3. The van der Waals surface area contributed by atoms with Gasteiger partial charge in [0.15, 0.2) is 5.82 Å². The molecule has 0 radical (unpaired) electrons. The number of esters is 1. The Balaban J connectivity index is 1.01. The molecule has 4 atom stereocenters. The minimum atomic E-state index is -1.08. The molecule has 68 heavy (non-hydrogen) atoms. The third kappa shape index (κ3) is 9.14. The Labute approximate surface area is 402 Å². The number of fused-ring (bicyclic) bond motifs is 3. The number of aliphatic hydroxyl groups excluding tert-OH is 1. The number of ether oxygens (including phenoxy) is 1. The number of thiophene rings is 1. The van der Waals surface area contributed by atoms with Crippen LogP contribution in [-0.2, 0) is 19.1 Å². The zero-order valence-electron chi connectivity index (χ0n) is 39.2. The number of aryl methyl sites for hydroxylation is 3. The molecule has 17 heteroatoms. The molecule has 5 heterocycles. The fourth-order valence-corrected chi connectivity index (χ4v) is 10.6. The molecule has 0 unspecified atom stereocenters. The average molecular weight is 950 g/mol. The molecule has 2 aliphatic heterocycles. The monoisotopic (exact) mass is 949 g/mol. The summed E-state index contributed by atoms with van der Waals surface area (Å²) >= 11 is 3.14. The predicted molar refractivity (Wildman–Crippen MR) is 261 cm³/mol. The number of likely N-dealkylation sites (tertiary alicyclic amines) is 1. The van der Waals surface area contributed by atoms with Crippen molar-refractivity contribution < 1.29 is 29.0 Å². The molecular formula is C51H51N9O6S2. The number of thiazole rings is 1. The molecule has 348 valence electrons. The molecule has 3 N–H and O–H groups in total. The van der Waals surface area contributed by atoms with Gasteiger partial charge in [0.05, 0.1) is 58.8 Å². The first-order chi connectivity index (χ1) is 32.4. The van der Waals surface area contributed by atoms with Gasteiger partial charge in [-0.25, -0.2) is 14.8 Å². The van der Waals surface area contributed by atoms with Crippen LogP contribution in [0, 0.1) is 44.4 Å². The maximum Gasteiger partial charge on any atom is 0.332 e. The van der Waals surface area contributed by atoms with Gasteiger partial charge in [0.1, 0.15) is 28.6 Å². The summed E-state index contributed by atoms with van der Waals surface area (Å²) in [4.78, 5) is 67.7. The van der Waals surface area contributed by atoms with Gasteiger partial charge in [0.2, 0.25) is 11.8 Å². The average Bonchev–Trinajstić information content (AvgIpc) is 4.09. The lowest BCUT2D eigenvalue weighted by Crippen LogP contribution is -2.57. The third-order valence-corrected chi connectivity index (χ3v) is 14.6. The molecule has 1 fully saturated rings. The fourth-order valence-electron chi connectivity index (χ4n) is 8.59. The molecular weight excluding hydrogens is 899 g/mol. The summed E-state index contributed by atoms with van der Waals surface area (Å²) < 4.78 is 6.85. The van der Waals surface area contributed by atoms with Crippen LogP contribution in [0.5, 0.6) is 0 Å². The number of β-amino-alcohol motifs (C(OH)–C–C–N with tert-alkyl or cyclic N) is 1. The van der Waals surface area contributed by atoms with Crippen LogP contribution in [0.2, 0.25) is 0 Å². The molecule has 0 spiro atoms. The van der Waals surface area contributed by atoms with E-state index in [1.807, 2.05) is 114 Å². The number of carbonyl (C=O) groups is 4. The van der Waals surface area contributed by atoms with E-state index in [-0.39, 0.29) is 30.1 Å². The highest BCUT2D eigenvalue weighted by molar-refractivity contribution is 7.15. The Morgan fingerprint density at radius 2 is 1.65 bits per heavy atom. The maximum absolute atomic E-state index is 14.4. The Kier molecular flexibility index (Phi) is 13.1. The molecule has 15 nitrogen and oxygen atoms in total. The highest BCUT2D eigenvalue weighted by Gasteiger charge is 2.45. The number of carbonyl (C=O) groups excluding carboxylic acids is 4. The SMILES string of the molecule is COC(=O)/C=C1\N=C(c2ccc(-c3ccc(C(=O)N[C@H](C(=O)N4C[C@H](O)C[C@H]4C(=O)N[C@@H](C)c4ccc(-c5scnc5C)cc4)C(C)(C)C)cc3C#N)cc2)c2c(sc(C)c2C)-n2c(C)nnc21. The number of rotatable bonds is 10. The van der Waals surface area contributed by atoms with E-state index in [0.29, 0.717) is 34.2 Å². The van der Waals surface area contributed by atoms with Gasteiger partial charge >= 0.3 is 5.97 Å². The number of methoxy groups -OCH3 is 1. The summed E-state index contributed by atoms with van der Waals surface area (Å²) in [5.41, 5.74) is 9.13. The van der Waals surface area contributed by atoms with Crippen LogP contribution >= 0.6 is 22.7 Å². The largest absolute Gasteiger partial charge is 0.466 e. The zero-order chi connectivity index (χ0) is 48.8. The highest BCUT2D eigenvalue weighted by atomic mass is 32.1. The van der Waals surface area contributed by atoms with E-state index in [2.05, 4.69) is 31.9 Å². The first-order valence-electron chi connectivity index (χ1n) is 22.0. The van der Waals surface area contributed by atoms with E-state index in [1.54, 1.807) is 34.8 Å². The quantitative estimate of drug-likeness (QED) is 0.0907. The number of aliphatic imine (C=N–C) groups is 1. The van der Waals surface area contributed by atoms with Crippen molar-refractivity contribution in [2.24, 2.45) is 10.4 Å². The second kappa shape index (κ2) is 18.9. The van der Waals surface area contributed by atoms with E-state index >= 15 is 0 Å². The smallest absolute Gasteiger partial charge is 0.332 e. The molecule has 2 aliphatic rings. The van der Waals surface area contributed by atoms with Crippen molar-refractivity contribution in [3.8, 4) is 32.6 Å². The van der Waals surface area contributed by atoms with Crippen molar-refractivity contribution in [2.75, 3.05) is 13.7 Å². The number of nitriles is 1. The Hall–Kier alpha value is -7.13. The van der Waals surface area contributed by atoms with Crippen LogP contribution in [-0.4, -0.2) is 91.0 Å². The molecule has 8 rings (SSSR count). The topological polar surface area (TPSA) is 205 Å². The van der Waals surface area contributed by atoms with Crippen LogP contribution in [0.4, 0.5) is 0 Å². The number of amides is 3. The van der Waals surface area contributed by atoms with Gasteiger partial charge in [0, 0.05) is 34.5 Å². The molecule has 0 bridgehead atoms. The number of benzene rings is 3. The Morgan fingerprint density at radius 1 is 0.956 bits per heavy atom. The Morgan fingerprint density at radius 3 is 2.29 bits per heavy atom. The molecule has 6 aromatic rings. The highest BCUT2D eigenvalue weighted by Crippen LogP contribution is 2.39. The zero-order valence-corrected chi connectivity index (χ0v) is 40.8. The molecule has 3 aromatic carbocycles. The second-order valence-corrected chi connectivity index (χ2v) is 20.2. The molecule has 0 saturated carbocycles. The second-order valence-electron chi connectivity index (χ2n) is 18.1. The lowest BCUT2D eigenvalue weighted by atomic mass is 9.85. The third-order valence-electron chi connectivity index (χ3n) is 12.5. The summed E-state index contributed by atoms with van der Waals surface area (Å²) in [5, 5.41) is 36.6. The van der Waals surface area contributed by atoms with Crippen LogP contribution in [0.25, 0.3) is 32.3 Å². The molecule has 3 aromatic heterocycles. The minimum Gasteiger partial charge on any atom is -0.466 e. The van der Waals surface area contributed by atoms with E-state index in [1.165, 1.54) is 24.2 Å². The van der Waals surface area contributed by atoms with Crippen LogP contribution in [0.15, 0.2) is 83.3 Å². The first kappa shape index (κ1) is 47.4. The summed E-state index contributed by atoms with van der Waals surface area (Å²) in [6.45, 7) is 15.1. The molecule has 0 aliphatic carbocycles.